The first-order valence-electron chi connectivity index (χ1n) is 5.38. The lowest BCUT2D eigenvalue weighted by molar-refractivity contribution is 0.248. The highest BCUT2D eigenvalue weighted by atomic mass is 32.2. The molecule has 0 radical (unpaired) electrons. The molecule has 0 unspecified atom stereocenters. The highest BCUT2D eigenvalue weighted by Crippen LogP contribution is 2.20. The second-order valence-corrected chi connectivity index (χ2v) is 6.26. The molecule has 0 saturated carbocycles. The van der Waals surface area contributed by atoms with Gasteiger partial charge in [-0.15, -0.1) is 0 Å². The molecule has 18 heavy (non-hydrogen) atoms. The number of nitrogens with zero attached hydrogens (tertiary/aromatic N) is 2. The van der Waals surface area contributed by atoms with Crippen molar-refractivity contribution in [3.8, 4) is 11.6 Å². The third-order valence-corrected chi connectivity index (χ3v) is 3.38. The second kappa shape index (κ2) is 4.95. The average molecular weight is 270 g/mol. The van der Waals surface area contributed by atoms with Crippen molar-refractivity contribution in [3.05, 3.63) is 30.3 Å². The standard InChI is InChI=1S/C11H14N2O4S/c1-18(15,16)7-6-13-5-4-12-11(13)10-3-2-9(8-14)17-10/h2-5,14H,6-8H2,1H3. The molecule has 0 spiro atoms. The molecule has 0 fully saturated rings. The van der Waals surface area contributed by atoms with Gasteiger partial charge in [0, 0.05) is 25.2 Å². The molecule has 0 aliphatic rings. The number of rotatable bonds is 5. The molecular weight excluding hydrogens is 256 g/mol. The lowest BCUT2D eigenvalue weighted by Gasteiger charge is -2.04. The van der Waals surface area contributed by atoms with Gasteiger partial charge >= 0.3 is 0 Å². The summed E-state index contributed by atoms with van der Waals surface area (Å²) in [6.45, 7) is 0.146. The van der Waals surface area contributed by atoms with Crippen molar-refractivity contribution >= 4 is 9.84 Å². The van der Waals surface area contributed by atoms with Crippen LogP contribution in [0.15, 0.2) is 28.9 Å². The Morgan fingerprint density at radius 3 is 2.83 bits per heavy atom. The van der Waals surface area contributed by atoms with Crippen LogP contribution in [-0.4, -0.2) is 35.1 Å². The normalized spacial score (nSPS) is 11.9. The quantitative estimate of drug-likeness (QED) is 0.863. The van der Waals surface area contributed by atoms with Crippen molar-refractivity contribution in [2.45, 2.75) is 13.2 Å². The van der Waals surface area contributed by atoms with Gasteiger partial charge in [-0.05, 0) is 12.1 Å². The third kappa shape index (κ3) is 2.99. The Kier molecular flexibility index (Phi) is 3.53. The van der Waals surface area contributed by atoms with E-state index in [1.54, 1.807) is 29.1 Å². The van der Waals surface area contributed by atoms with Crippen LogP contribution in [0.3, 0.4) is 0 Å². The van der Waals surface area contributed by atoms with Crippen molar-refractivity contribution in [1.29, 1.82) is 0 Å². The Morgan fingerprint density at radius 1 is 1.44 bits per heavy atom. The predicted molar refractivity (Wildman–Crippen MR) is 65.6 cm³/mol. The van der Waals surface area contributed by atoms with E-state index in [0.717, 1.165) is 0 Å². The zero-order valence-electron chi connectivity index (χ0n) is 9.91. The Labute approximate surface area is 105 Å². The highest BCUT2D eigenvalue weighted by molar-refractivity contribution is 7.90. The minimum absolute atomic E-state index is 0.0456. The van der Waals surface area contributed by atoms with Gasteiger partial charge in [-0.25, -0.2) is 13.4 Å². The van der Waals surface area contributed by atoms with E-state index < -0.39 is 9.84 Å². The van der Waals surface area contributed by atoms with Gasteiger partial charge in [0.25, 0.3) is 0 Å². The topological polar surface area (TPSA) is 85.3 Å². The van der Waals surface area contributed by atoms with Gasteiger partial charge in [0.2, 0.25) is 0 Å². The number of hydrogen-bond acceptors (Lipinski definition) is 5. The monoisotopic (exact) mass is 270 g/mol. The van der Waals surface area contributed by atoms with E-state index in [1.165, 1.54) is 6.26 Å². The number of imidazole rings is 1. The fourth-order valence-corrected chi connectivity index (χ4v) is 2.09. The van der Waals surface area contributed by atoms with Crippen molar-refractivity contribution in [2.75, 3.05) is 12.0 Å². The molecule has 0 aliphatic carbocycles. The first-order chi connectivity index (χ1) is 8.49. The van der Waals surface area contributed by atoms with Gasteiger partial charge < -0.3 is 14.1 Å². The van der Waals surface area contributed by atoms with Gasteiger partial charge in [0.15, 0.2) is 11.6 Å². The van der Waals surface area contributed by atoms with E-state index in [1.807, 2.05) is 0 Å². The minimum Gasteiger partial charge on any atom is -0.455 e. The molecule has 6 nitrogen and oxygen atoms in total. The van der Waals surface area contributed by atoms with Crippen LogP contribution in [0.1, 0.15) is 5.76 Å². The van der Waals surface area contributed by atoms with E-state index >= 15 is 0 Å². The zero-order valence-corrected chi connectivity index (χ0v) is 10.7. The molecule has 0 atom stereocenters. The predicted octanol–water partition coefficient (Wildman–Crippen LogP) is 0.680. The molecule has 0 aromatic carbocycles. The van der Waals surface area contributed by atoms with Gasteiger partial charge in [-0.3, -0.25) is 0 Å². The maximum absolute atomic E-state index is 11.1. The van der Waals surface area contributed by atoms with E-state index in [-0.39, 0.29) is 12.4 Å². The first-order valence-corrected chi connectivity index (χ1v) is 7.44. The van der Waals surface area contributed by atoms with Gasteiger partial charge in [0.05, 0.1) is 5.75 Å². The molecule has 0 bridgehead atoms. The number of hydrogen-bond donors (Lipinski definition) is 1. The fourth-order valence-electron chi connectivity index (χ4n) is 1.56. The van der Waals surface area contributed by atoms with Crippen molar-refractivity contribution in [3.63, 3.8) is 0 Å². The number of aliphatic hydroxyl groups excluding tert-OH is 1. The fraction of sp³-hybridized carbons (Fsp3) is 0.364. The molecule has 2 rings (SSSR count). The summed E-state index contributed by atoms with van der Waals surface area (Å²) in [5, 5.41) is 8.93. The van der Waals surface area contributed by atoms with Crippen LogP contribution < -0.4 is 0 Å². The summed E-state index contributed by atoms with van der Waals surface area (Å²) in [5.41, 5.74) is 0. The Bertz CT molecular complexity index is 627. The number of furan rings is 1. The smallest absolute Gasteiger partial charge is 0.176 e. The summed E-state index contributed by atoms with van der Waals surface area (Å²) in [4.78, 5) is 4.13. The Morgan fingerprint density at radius 2 is 2.22 bits per heavy atom. The van der Waals surface area contributed by atoms with Crippen molar-refractivity contribution in [2.24, 2.45) is 0 Å². The second-order valence-electron chi connectivity index (χ2n) is 4.00. The Hall–Kier alpha value is -1.60. The minimum atomic E-state index is -3.02. The van der Waals surface area contributed by atoms with Gasteiger partial charge in [-0.1, -0.05) is 0 Å². The summed E-state index contributed by atoms with van der Waals surface area (Å²) in [5.74, 6) is 1.56. The molecule has 7 heteroatoms. The summed E-state index contributed by atoms with van der Waals surface area (Å²) >= 11 is 0. The molecule has 2 heterocycles. The third-order valence-electron chi connectivity index (χ3n) is 2.46. The molecule has 0 aliphatic heterocycles. The lowest BCUT2D eigenvalue weighted by Crippen LogP contribution is -2.11. The SMILES string of the molecule is CS(=O)(=O)CCn1ccnc1-c1ccc(CO)o1. The molecule has 0 amide bonds. The number of aryl methyl sites for hydroxylation is 1. The van der Waals surface area contributed by atoms with Crippen molar-refractivity contribution in [1.82, 2.24) is 9.55 Å². The van der Waals surface area contributed by atoms with Crippen LogP contribution in [-0.2, 0) is 23.0 Å². The van der Waals surface area contributed by atoms with Crippen molar-refractivity contribution < 1.29 is 17.9 Å². The summed E-state index contributed by atoms with van der Waals surface area (Å²) in [6.07, 6.45) is 4.47. The molecule has 2 aromatic heterocycles. The van der Waals surface area contributed by atoms with Crippen LogP contribution in [0, 0.1) is 0 Å². The van der Waals surface area contributed by atoms with E-state index in [4.69, 9.17) is 9.52 Å². The van der Waals surface area contributed by atoms with E-state index in [9.17, 15) is 8.42 Å². The summed E-state index contributed by atoms with van der Waals surface area (Å²) in [7, 11) is -3.02. The highest BCUT2D eigenvalue weighted by Gasteiger charge is 2.12. The maximum atomic E-state index is 11.1. The molecule has 2 aromatic rings. The average Bonchev–Trinajstić information content (AvgIpc) is 2.93. The van der Waals surface area contributed by atoms with Gasteiger partial charge in [0.1, 0.15) is 22.2 Å². The Balaban J connectivity index is 2.22. The summed E-state index contributed by atoms with van der Waals surface area (Å²) in [6, 6.07) is 3.36. The molecule has 1 N–H and O–H groups in total. The molecular formula is C11H14N2O4S. The van der Waals surface area contributed by atoms with Crippen LogP contribution in [0.5, 0.6) is 0 Å². The largest absolute Gasteiger partial charge is 0.455 e. The van der Waals surface area contributed by atoms with Gasteiger partial charge in [-0.2, -0.15) is 0 Å². The van der Waals surface area contributed by atoms with Crippen LogP contribution in [0.25, 0.3) is 11.6 Å². The van der Waals surface area contributed by atoms with Crippen LogP contribution in [0.4, 0.5) is 0 Å². The first kappa shape index (κ1) is 12.8. The molecule has 98 valence electrons. The van der Waals surface area contributed by atoms with Crippen LogP contribution in [0.2, 0.25) is 0 Å². The number of aliphatic hydroxyl groups is 1. The summed E-state index contributed by atoms with van der Waals surface area (Å²) < 4.78 is 29.3. The van der Waals surface area contributed by atoms with E-state index in [0.29, 0.717) is 23.9 Å². The van der Waals surface area contributed by atoms with E-state index in [2.05, 4.69) is 4.98 Å². The number of sulfone groups is 1. The zero-order chi connectivity index (χ0) is 13.2. The maximum Gasteiger partial charge on any atom is 0.176 e. The molecule has 0 saturated heterocycles. The number of aromatic nitrogens is 2. The van der Waals surface area contributed by atoms with Crippen LogP contribution >= 0.6 is 0 Å². The lowest BCUT2D eigenvalue weighted by atomic mass is 10.4.